The standard InChI is InChI=1S/C23H24FN5O2/c1-15(30)29-8-4-5-16(14-29)23-27-21(17-9-20(31-2)13-25-12-17)11-22(28-23)26-19-7-3-6-18(24)10-19/h3,6-7,9-13,16H,4-5,8,14H2,1-2H3,(H,26,27,28)/t16-/m1/s1. The third-order valence-electron chi connectivity index (χ3n) is 5.32. The third kappa shape index (κ3) is 4.96. The molecule has 0 bridgehead atoms. The first-order valence-electron chi connectivity index (χ1n) is 10.2. The van der Waals surface area contributed by atoms with Gasteiger partial charge in [0.05, 0.1) is 19.0 Å². The van der Waals surface area contributed by atoms with Crippen LogP contribution in [0.4, 0.5) is 15.9 Å². The molecular formula is C23H24FN5O2. The van der Waals surface area contributed by atoms with Gasteiger partial charge in [0, 0.05) is 49.4 Å². The number of piperidine rings is 1. The van der Waals surface area contributed by atoms with E-state index in [1.54, 1.807) is 44.6 Å². The van der Waals surface area contributed by atoms with Gasteiger partial charge < -0.3 is 15.0 Å². The number of hydrogen-bond donors (Lipinski definition) is 1. The molecule has 1 fully saturated rings. The lowest BCUT2D eigenvalue weighted by molar-refractivity contribution is -0.130. The molecule has 1 aromatic carbocycles. The van der Waals surface area contributed by atoms with Crippen molar-refractivity contribution in [1.82, 2.24) is 19.9 Å². The molecule has 1 atom stereocenters. The van der Waals surface area contributed by atoms with Crippen molar-refractivity contribution in [2.24, 2.45) is 0 Å². The number of pyridine rings is 1. The molecule has 7 nitrogen and oxygen atoms in total. The van der Waals surface area contributed by atoms with Gasteiger partial charge in [-0.2, -0.15) is 0 Å². The molecular weight excluding hydrogens is 397 g/mol. The largest absolute Gasteiger partial charge is 0.495 e. The Morgan fingerprint density at radius 3 is 2.87 bits per heavy atom. The maximum absolute atomic E-state index is 13.7. The summed E-state index contributed by atoms with van der Waals surface area (Å²) in [5.41, 5.74) is 2.05. The molecule has 0 saturated carbocycles. The molecule has 3 heterocycles. The van der Waals surface area contributed by atoms with E-state index in [-0.39, 0.29) is 17.6 Å². The maximum atomic E-state index is 13.7. The van der Waals surface area contributed by atoms with Gasteiger partial charge in [0.15, 0.2) is 0 Å². The zero-order valence-corrected chi connectivity index (χ0v) is 17.5. The minimum atomic E-state index is -0.333. The summed E-state index contributed by atoms with van der Waals surface area (Å²) in [5, 5.41) is 3.17. The van der Waals surface area contributed by atoms with Crippen LogP contribution in [-0.4, -0.2) is 46.0 Å². The number of anilines is 2. The zero-order valence-electron chi connectivity index (χ0n) is 17.5. The van der Waals surface area contributed by atoms with Crippen LogP contribution in [0, 0.1) is 5.82 Å². The molecule has 2 aromatic heterocycles. The number of nitrogens with one attached hydrogen (secondary N) is 1. The monoisotopic (exact) mass is 421 g/mol. The Morgan fingerprint density at radius 1 is 1.23 bits per heavy atom. The lowest BCUT2D eigenvalue weighted by atomic mass is 9.97. The van der Waals surface area contributed by atoms with E-state index < -0.39 is 0 Å². The van der Waals surface area contributed by atoms with Gasteiger partial charge in [0.25, 0.3) is 0 Å². The highest BCUT2D eigenvalue weighted by atomic mass is 19.1. The van der Waals surface area contributed by atoms with E-state index in [9.17, 15) is 9.18 Å². The predicted octanol–water partition coefficient (Wildman–Crippen LogP) is 4.16. The number of carbonyl (C=O) groups is 1. The van der Waals surface area contributed by atoms with Crippen LogP contribution in [0.25, 0.3) is 11.3 Å². The molecule has 1 saturated heterocycles. The quantitative estimate of drug-likeness (QED) is 0.667. The molecule has 0 unspecified atom stereocenters. The van der Waals surface area contributed by atoms with Gasteiger partial charge in [0.2, 0.25) is 5.91 Å². The van der Waals surface area contributed by atoms with E-state index in [0.29, 0.717) is 35.3 Å². The predicted molar refractivity (Wildman–Crippen MR) is 116 cm³/mol. The van der Waals surface area contributed by atoms with Gasteiger partial charge in [-0.3, -0.25) is 9.78 Å². The van der Waals surface area contributed by atoms with Crippen LogP contribution in [0.15, 0.2) is 48.8 Å². The van der Waals surface area contributed by atoms with Crippen LogP contribution in [0.5, 0.6) is 5.75 Å². The van der Waals surface area contributed by atoms with Crippen LogP contribution in [0.1, 0.15) is 31.5 Å². The molecule has 160 valence electrons. The molecule has 0 spiro atoms. The summed E-state index contributed by atoms with van der Waals surface area (Å²) in [6.07, 6.45) is 5.13. The molecule has 0 radical (unpaired) electrons. The number of likely N-dealkylation sites (tertiary alicyclic amines) is 1. The summed E-state index contributed by atoms with van der Waals surface area (Å²) in [6, 6.07) is 9.87. The van der Waals surface area contributed by atoms with Crippen molar-refractivity contribution >= 4 is 17.4 Å². The van der Waals surface area contributed by atoms with Crippen LogP contribution in [0.3, 0.4) is 0 Å². The first-order chi connectivity index (χ1) is 15.0. The molecule has 4 rings (SSSR count). The minimum absolute atomic E-state index is 0.0178. The number of rotatable bonds is 5. The number of amides is 1. The summed E-state index contributed by atoms with van der Waals surface area (Å²) in [4.78, 5) is 27.5. The van der Waals surface area contributed by atoms with Crippen LogP contribution in [0.2, 0.25) is 0 Å². The van der Waals surface area contributed by atoms with Crippen molar-refractivity contribution in [3.8, 4) is 17.0 Å². The van der Waals surface area contributed by atoms with Gasteiger partial charge in [-0.25, -0.2) is 14.4 Å². The van der Waals surface area contributed by atoms with E-state index >= 15 is 0 Å². The Bertz CT molecular complexity index is 1090. The number of benzene rings is 1. The molecule has 1 N–H and O–H groups in total. The number of ether oxygens (including phenoxy) is 1. The molecule has 31 heavy (non-hydrogen) atoms. The molecule has 3 aromatic rings. The Morgan fingerprint density at radius 2 is 2.10 bits per heavy atom. The summed E-state index contributed by atoms with van der Waals surface area (Å²) < 4.78 is 18.9. The SMILES string of the molecule is COc1cncc(-c2cc(Nc3cccc(F)c3)nc([C@@H]3CCCN(C(C)=O)C3)n2)c1. The number of carbonyl (C=O) groups excluding carboxylic acids is 1. The maximum Gasteiger partial charge on any atom is 0.219 e. The Kier molecular flexibility index (Phi) is 6.06. The van der Waals surface area contributed by atoms with Gasteiger partial charge in [-0.1, -0.05) is 6.07 Å². The number of halogens is 1. The highest BCUT2D eigenvalue weighted by Crippen LogP contribution is 2.30. The first kappa shape index (κ1) is 20.7. The first-order valence-corrected chi connectivity index (χ1v) is 10.2. The second-order valence-electron chi connectivity index (χ2n) is 7.55. The zero-order chi connectivity index (χ0) is 21.8. The second-order valence-corrected chi connectivity index (χ2v) is 7.55. The third-order valence-corrected chi connectivity index (χ3v) is 5.32. The Hall–Kier alpha value is -3.55. The van der Waals surface area contributed by atoms with Crippen LogP contribution < -0.4 is 10.1 Å². The summed E-state index contributed by atoms with van der Waals surface area (Å²) in [5.74, 6) is 1.55. The van der Waals surface area contributed by atoms with E-state index in [1.165, 1.54) is 12.1 Å². The number of hydrogen-bond acceptors (Lipinski definition) is 6. The van der Waals surface area contributed by atoms with E-state index in [0.717, 1.165) is 24.9 Å². The lowest BCUT2D eigenvalue weighted by Crippen LogP contribution is -2.38. The number of aromatic nitrogens is 3. The molecule has 1 amide bonds. The van der Waals surface area contributed by atoms with Crippen LogP contribution in [-0.2, 0) is 4.79 Å². The van der Waals surface area contributed by atoms with Gasteiger partial charge in [0.1, 0.15) is 23.2 Å². The van der Waals surface area contributed by atoms with Crippen molar-refractivity contribution in [2.75, 3.05) is 25.5 Å². The Balaban J connectivity index is 1.73. The molecule has 1 aliphatic rings. The highest BCUT2D eigenvalue weighted by Gasteiger charge is 2.26. The fraction of sp³-hybridized carbons (Fsp3) is 0.304. The smallest absolute Gasteiger partial charge is 0.219 e. The van der Waals surface area contributed by atoms with Crippen molar-refractivity contribution in [1.29, 1.82) is 0 Å². The number of methoxy groups -OCH3 is 1. The van der Waals surface area contributed by atoms with Crippen LogP contribution >= 0.6 is 0 Å². The van der Waals surface area contributed by atoms with Crippen molar-refractivity contribution < 1.29 is 13.9 Å². The average Bonchev–Trinajstić information content (AvgIpc) is 2.79. The molecule has 8 heteroatoms. The van der Waals surface area contributed by atoms with Gasteiger partial charge in [-0.15, -0.1) is 0 Å². The van der Waals surface area contributed by atoms with E-state index in [4.69, 9.17) is 14.7 Å². The fourth-order valence-corrected chi connectivity index (χ4v) is 3.72. The van der Waals surface area contributed by atoms with Gasteiger partial charge in [-0.05, 0) is 37.1 Å². The van der Waals surface area contributed by atoms with Crippen molar-refractivity contribution in [3.05, 3.63) is 60.4 Å². The summed E-state index contributed by atoms with van der Waals surface area (Å²) in [7, 11) is 1.58. The van der Waals surface area contributed by atoms with Crippen molar-refractivity contribution in [3.63, 3.8) is 0 Å². The normalized spacial score (nSPS) is 16.1. The average molecular weight is 421 g/mol. The summed E-state index contributed by atoms with van der Waals surface area (Å²) in [6.45, 7) is 2.91. The minimum Gasteiger partial charge on any atom is -0.495 e. The molecule has 1 aliphatic heterocycles. The van der Waals surface area contributed by atoms with Gasteiger partial charge >= 0.3 is 0 Å². The topological polar surface area (TPSA) is 80.2 Å². The summed E-state index contributed by atoms with van der Waals surface area (Å²) >= 11 is 0. The number of nitrogens with zero attached hydrogens (tertiary/aromatic N) is 4. The molecule has 0 aliphatic carbocycles. The highest BCUT2D eigenvalue weighted by molar-refractivity contribution is 5.73. The van der Waals surface area contributed by atoms with Crippen molar-refractivity contribution in [2.45, 2.75) is 25.7 Å². The van der Waals surface area contributed by atoms with E-state index in [2.05, 4.69) is 10.3 Å². The fourth-order valence-electron chi connectivity index (χ4n) is 3.72. The second kappa shape index (κ2) is 9.07. The Labute approximate surface area is 180 Å². The lowest BCUT2D eigenvalue weighted by Gasteiger charge is -2.31. The van der Waals surface area contributed by atoms with E-state index in [1.807, 2.05) is 11.0 Å².